The second-order valence-electron chi connectivity index (χ2n) is 6.52. The number of alkyl halides is 3. The minimum Gasteiger partial charge on any atom is -0.335 e. The van der Waals surface area contributed by atoms with Gasteiger partial charge in [-0.25, -0.2) is 0 Å². The second kappa shape index (κ2) is 12.9. The molecule has 4 nitrogen and oxygen atoms in total. The molecule has 0 radical (unpaired) electrons. The molecule has 7 heteroatoms. The van der Waals surface area contributed by atoms with Gasteiger partial charge in [-0.2, -0.15) is 13.2 Å². The van der Waals surface area contributed by atoms with Crippen molar-refractivity contribution in [3.05, 3.63) is 0 Å². The van der Waals surface area contributed by atoms with Crippen molar-refractivity contribution >= 4 is 17.5 Å². The van der Waals surface area contributed by atoms with Crippen molar-refractivity contribution in [3.63, 3.8) is 0 Å². The Bertz CT molecular complexity index is 422. The highest BCUT2D eigenvalue weighted by molar-refractivity contribution is 5.81. The Hall–Kier alpha value is -1.40. The maximum absolute atomic E-state index is 12.6. The maximum atomic E-state index is 12.6. The minimum atomic E-state index is -4.85. The number of unbranched alkanes of at least 4 members (excludes halogenated alkanes) is 6. The number of halogens is 3. The van der Waals surface area contributed by atoms with Crippen LogP contribution in [0.1, 0.15) is 78.1 Å². The Labute approximate surface area is 148 Å². The lowest BCUT2D eigenvalue weighted by atomic mass is 10.1. The van der Waals surface area contributed by atoms with Crippen molar-refractivity contribution in [1.29, 1.82) is 0 Å². The Kier molecular flexibility index (Phi) is 12.2. The first kappa shape index (κ1) is 23.6. The van der Waals surface area contributed by atoms with E-state index in [1.165, 1.54) is 6.92 Å². The molecule has 0 N–H and O–H groups in total. The molecule has 1 amide bonds. The molecule has 0 saturated carbocycles. The quantitative estimate of drug-likeness (QED) is 0.427. The summed E-state index contributed by atoms with van der Waals surface area (Å²) in [6.45, 7) is 3.12. The molecule has 0 unspecified atom stereocenters. The molecule has 0 aliphatic heterocycles. The molecule has 0 bridgehead atoms. The lowest BCUT2D eigenvalue weighted by Crippen LogP contribution is -2.42. The van der Waals surface area contributed by atoms with E-state index in [0.717, 1.165) is 37.0 Å². The van der Waals surface area contributed by atoms with E-state index in [1.807, 2.05) is 0 Å². The molecule has 0 spiro atoms. The highest BCUT2D eigenvalue weighted by Gasteiger charge is 2.41. The standard InChI is InChI=1S/C18H30F3NO3/c1-15(23)11-7-5-3-4-6-9-13-22(17(25)18(19,20)21)14-10-8-12-16(2)24/h3-14H2,1-2H3. The van der Waals surface area contributed by atoms with E-state index in [4.69, 9.17) is 0 Å². The number of carbonyl (C=O) groups is 3. The second-order valence-corrected chi connectivity index (χ2v) is 6.52. The van der Waals surface area contributed by atoms with E-state index < -0.39 is 12.1 Å². The number of ketones is 2. The van der Waals surface area contributed by atoms with Crippen molar-refractivity contribution in [2.24, 2.45) is 0 Å². The van der Waals surface area contributed by atoms with Crippen LogP contribution in [0.2, 0.25) is 0 Å². The summed E-state index contributed by atoms with van der Waals surface area (Å²) >= 11 is 0. The third kappa shape index (κ3) is 13.6. The van der Waals surface area contributed by atoms with E-state index in [0.29, 0.717) is 32.1 Å². The van der Waals surface area contributed by atoms with E-state index in [2.05, 4.69) is 0 Å². The van der Waals surface area contributed by atoms with Crippen LogP contribution >= 0.6 is 0 Å². The van der Waals surface area contributed by atoms with Crippen LogP contribution in [-0.2, 0) is 14.4 Å². The summed E-state index contributed by atoms with van der Waals surface area (Å²) in [6.07, 6.45) is 1.85. The van der Waals surface area contributed by atoms with Gasteiger partial charge >= 0.3 is 12.1 Å². The third-order valence-electron chi connectivity index (χ3n) is 3.94. The average Bonchev–Trinajstić information content (AvgIpc) is 2.49. The largest absolute Gasteiger partial charge is 0.471 e. The first-order valence-corrected chi connectivity index (χ1v) is 8.99. The van der Waals surface area contributed by atoms with Gasteiger partial charge in [0.15, 0.2) is 0 Å². The smallest absolute Gasteiger partial charge is 0.335 e. The van der Waals surface area contributed by atoms with Crippen LogP contribution in [0, 0.1) is 0 Å². The SMILES string of the molecule is CC(=O)CCCCCCCCN(CCCCC(C)=O)C(=O)C(F)(F)F. The zero-order valence-electron chi connectivity index (χ0n) is 15.3. The minimum absolute atomic E-state index is 0.00142. The van der Waals surface area contributed by atoms with Gasteiger partial charge in [0.25, 0.3) is 0 Å². The number of rotatable bonds is 14. The van der Waals surface area contributed by atoms with Crippen LogP contribution < -0.4 is 0 Å². The van der Waals surface area contributed by atoms with E-state index >= 15 is 0 Å². The number of carbonyl (C=O) groups excluding carboxylic acids is 3. The summed E-state index contributed by atoms with van der Waals surface area (Å²) in [6, 6.07) is 0. The fourth-order valence-electron chi connectivity index (χ4n) is 2.55. The summed E-state index contributed by atoms with van der Waals surface area (Å²) in [5.74, 6) is -1.62. The predicted octanol–water partition coefficient (Wildman–Crippen LogP) is 4.46. The fraction of sp³-hybridized carbons (Fsp3) is 0.833. The molecular weight excluding hydrogens is 335 g/mol. The van der Waals surface area contributed by atoms with E-state index in [-0.39, 0.29) is 24.7 Å². The molecule has 0 saturated heterocycles. The van der Waals surface area contributed by atoms with Gasteiger partial charge < -0.3 is 14.5 Å². The summed E-state index contributed by atoms with van der Waals surface area (Å²) in [4.78, 5) is 34.0. The Balaban J connectivity index is 4.07. The monoisotopic (exact) mass is 365 g/mol. The zero-order chi connectivity index (χ0) is 19.3. The summed E-state index contributed by atoms with van der Waals surface area (Å²) < 4.78 is 37.9. The van der Waals surface area contributed by atoms with Crippen molar-refractivity contribution in [2.45, 2.75) is 84.2 Å². The van der Waals surface area contributed by atoms with Gasteiger partial charge in [-0.3, -0.25) is 4.79 Å². The van der Waals surface area contributed by atoms with E-state index in [9.17, 15) is 27.6 Å². The van der Waals surface area contributed by atoms with Crippen molar-refractivity contribution < 1.29 is 27.6 Å². The van der Waals surface area contributed by atoms with Gasteiger partial charge in [-0.15, -0.1) is 0 Å². The van der Waals surface area contributed by atoms with Gasteiger partial charge in [0.1, 0.15) is 11.6 Å². The maximum Gasteiger partial charge on any atom is 0.471 e. The topological polar surface area (TPSA) is 54.5 Å². The molecule has 0 aliphatic rings. The molecule has 0 aromatic rings. The normalized spacial score (nSPS) is 11.4. The molecular formula is C18H30F3NO3. The van der Waals surface area contributed by atoms with Gasteiger partial charge in [-0.1, -0.05) is 25.7 Å². The van der Waals surface area contributed by atoms with Gasteiger partial charge in [0, 0.05) is 25.9 Å². The molecule has 146 valence electrons. The van der Waals surface area contributed by atoms with Crippen molar-refractivity contribution in [3.8, 4) is 0 Å². The summed E-state index contributed by atoms with van der Waals surface area (Å²) in [5, 5.41) is 0. The first-order chi connectivity index (χ1) is 11.6. The fourth-order valence-corrected chi connectivity index (χ4v) is 2.55. The van der Waals surface area contributed by atoms with Crippen molar-refractivity contribution in [2.75, 3.05) is 13.1 Å². The predicted molar refractivity (Wildman–Crippen MR) is 90.2 cm³/mol. The number of hydrogen-bond acceptors (Lipinski definition) is 3. The summed E-state index contributed by atoms with van der Waals surface area (Å²) in [5.41, 5.74) is 0. The lowest BCUT2D eigenvalue weighted by Gasteiger charge is -2.23. The first-order valence-electron chi connectivity index (χ1n) is 8.99. The van der Waals surface area contributed by atoms with Crippen LogP contribution in [0.25, 0.3) is 0 Å². The average molecular weight is 365 g/mol. The Morgan fingerprint density at radius 2 is 1.04 bits per heavy atom. The molecule has 0 aromatic carbocycles. The molecule has 0 aliphatic carbocycles. The number of nitrogens with zero attached hydrogens (tertiary/aromatic N) is 1. The molecule has 0 heterocycles. The molecule has 0 rings (SSSR count). The van der Waals surface area contributed by atoms with Gasteiger partial charge in [0.2, 0.25) is 0 Å². The van der Waals surface area contributed by atoms with Crippen LogP contribution in [0.15, 0.2) is 0 Å². The highest BCUT2D eigenvalue weighted by atomic mass is 19.4. The Morgan fingerprint density at radius 3 is 1.48 bits per heavy atom. The Morgan fingerprint density at radius 1 is 0.680 bits per heavy atom. The molecule has 0 atom stereocenters. The number of amides is 1. The zero-order valence-corrected chi connectivity index (χ0v) is 15.3. The molecule has 0 fully saturated rings. The lowest BCUT2D eigenvalue weighted by molar-refractivity contribution is -0.185. The van der Waals surface area contributed by atoms with Crippen LogP contribution in [0.4, 0.5) is 13.2 Å². The van der Waals surface area contributed by atoms with Crippen LogP contribution in [0.5, 0.6) is 0 Å². The van der Waals surface area contributed by atoms with Crippen LogP contribution in [-0.4, -0.2) is 41.6 Å². The van der Waals surface area contributed by atoms with Crippen molar-refractivity contribution in [1.82, 2.24) is 4.90 Å². The molecule has 0 aromatic heterocycles. The highest BCUT2D eigenvalue weighted by Crippen LogP contribution is 2.20. The number of hydrogen-bond donors (Lipinski definition) is 0. The number of Topliss-reactive ketones (excluding diaryl/α,β-unsaturated/α-hetero) is 2. The van der Waals surface area contributed by atoms with Gasteiger partial charge in [-0.05, 0) is 39.5 Å². The van der Waals surface area contributed by atoms with Gasteiger partial charge in [0.05, 0.1) is 0 Å². The third-order valence-corrected chi connectivity index (χ3v) is 3.94. The van der Waals surface area contributed by atoms with Crippen LogP contribution in [0.3, 0.4) is 0 Å². The summed E-state index contributed by atoms with van der Waals surface area (Å²) in [7, 11) is 0. The molecule has 25 heavy (non-hydrogen) atoms. The van der Waals surface area contributed by atoms with E-state index in [1.54, 1.807) is 6.92 Å².